The van der Waals surface area contributed by atoms with Crippen molar-refractivity contribution in [2.45, 2.75) is 25.9 Å². The molecule has 1 aliphatic rings. The van der Waals surface area contributed by atoms with Crippen LogP contribution in [0.15, 0.2) is 48.5 Å². The molecule has 0 bridgehead atoms. The third kappa shape index (κ3) is 3.16. The molecule has 0 N–H and O–H groups in total. The molecule has 0 radical (unpaired) electrons. The maximum Gasteiger partial charge on any atom is 0.267 e. The third-order valence-electron chi connectivity index (χ3n) is 4.10. The maximum absolute atomic E-state index is 12.8. The van der Waals surface area contributed by atoms with Crippen molar-refractivity contribution in [3.8, 4) is 11.5 Å². The number of nitrogens with zero attached hydrogens (tertiary/aromatic N) is 1. The second kappa shape index (κ2) is 6.73. The van der Waals surface area contributed by atoms with Gasteiger partial charge < -0.3 is 14.4 Å². The zero-order valence-electron chi connectivity index (χ0n) is 13.5. The highest BCUT2D eigenvalue weighted by Gasteiger charge is 2.27. The molecule has 3 rings (SSSR count). The number of hydrogen-bond donors (Lipinski definition) is 0. The molecule has 2 aromatic carbocycles. The summed E-state index contributed by atoms with van der Waals surface area (Å²) in [6.45, 7) is 2.52. The molecule has 0 fully saturated rings. The van der Waals surface area contributed by atoms with Crippen molar-refractivity contribution < 1.29 is 14.3 Å². The van der Waals surface area contributed by atoms with E-state index in [9.17, 15) is 4.79 Å². The van der Waals surface area contributed by atoms with E-state index < -0.39 is 6.10 Å². The largest absolute Gasteiger partial charge is 0.493 e. The number of amides is 1. The van der Waals surface area contributed by atoms with Gasteiger partial charge in [-0.2, -0.15) is 0 Å². The van der Waals surface area contributed by atoms with Crippen molar-refractivity contribution in [3.05, 3.63) is 54.1 Å². The normalized spacial score (nSPS) is 14.8. The van der Waals surface area contributed by atoms with E-state index in [1.807, 2.05) is 47.4 Å². The lowest BCUT2D eigenvalue weighted by Crippen LogP contribution is -2.43. The molecule has 4 heteroatoms. The van der Waals surface area contributed by atoms with Crippen molar-refractivity contribution in [3.63, 3.8) is 0 Å². The Morgan fingerprint density at radius 2 is 1.78 bits per heavy atom. The van der Waals surface area contributed by atoms with E-state index in [1.165, 1.54) is 5.56 Å². The lowest BCUT2D eigenvalue weighted by molar-refractivity contribution is -0.124. The smallest absolute Gasteiger partial charge is 0.267 e. The van der Waals surface area contributed by atoms with Gasteiger partial charge in [-0.15, -0.1) is 0 Å². The number of aryl methyl sites for hydroxylation is 1. The van der Waals surface area contributed by atoms with Gasteiger partial charge in [-0.1, -0.05) is 30.3 Å². The number of ether oxygens (including phenoxy) is 2. The summed E-state index contributed by atoms with van der Waals surface area (Å²) in [6.07, 6.45) is 1.42. The lowest BCUT2D eigenvalue weighted by Gasteiger charge is -2.31. The average Bonchev–Trinajstić information content (AvgIpc) is 2.61. The molecule has 0 saturated carbocycles. The first-order valence-electron chi connectivity index (χ1n) is 7.89. The molecule has 1 atom stereocenters. The van der Waals surface area contributed by atoms with Crippen LogP contribution in [0.4, 0.5) is 5.69 Å². The molecule has 1 heterocycles. The predicted octanol–water partition coefficient (Wildman–Crippen LogP) is 3.44. The predicted molar refractivity (Wildman–Crippen MR) is 90.2 cm³/mol. The summed E-state index contributed by atoms with van der Waals surface area (Å²) in [5.74, 6) is 1.19. The number of para-hydroxylation sites is 3. The van der Waals surface area contributed by atoms with Crippen LogP contribution in [0.3, 0.4) is 0 Å². The van der Waals surface area contributed by atoms with Crippen LogP contribution in [0.2, 0.25) is 0 Å². The molecule has 1 aliphatic heterocycles. The highest BCUT2D eigenvalue weighted by Crippen LogP contribution is 2.30. The zero-order chi connectivity index (χ0) is 16.2. The molecule has 120 valence electrons. The summed E-state index contributed by atoms with van der Waals surface area (Å²) in [6, 6.07) is 15.4. The number of carbonyl (C=O) groups excluding carboxylic acids is 1. The number of fused-ring (bicyclic) bond motifs is 1. The van der Waals surface area contributed by atoms with E-state index in [1.54, 1.807) is 14.0 Å². The standard InChI is InChI=1S/C19H21NO3/c1-14(23-18-12-6-5-11-17(18)22-2)19(21)20-13-7-9-15-8-3-4-10-16(15)20/h3-6,8,10-12,14H,7,9,13H2,1-2H3. The molecule has 1 unspecified atom stereocenters. The van der Waals surface area contributed by atoms with Crippen molar-refractivity contribution in [2.75, 3.05) is 18.6 Å². The van der Waals surface area contributed by atoms with Crippen LogP contribution in [0, 0.1) is 0 Å². The minimum absolute atomic E-state index is 0.0249. The molecule has 4 nitrogen and oxygen atoms in total. The second-order valence-corrected chi connectivity index (χ2v) is 5.63. The van der Waals surface area contributed by atoms with Gasteiger partial charge in [0.1, 0.15) is 0 Å². The first-order chi connectivity index (χ1) is 11.2. The number of anilines is 1. The van der Waals surface area contributed by atoms with Crippen molar-refractivity contribution in [1.82, 2.24) is 0 Å². The molecule has 0 aliphatic carbocycles. The second-order valence-electron chi connectivity index (χ2n) is 5.63. The number of carbonyl (C=O) groups is 1. The average molecular weight is 311 g/mol. The lowest BCUT2D eigenvalue weighted by atomic mass is 10.0. The zero-order valence-corrected chi connectivity index (χ0v) is 13.5. The molecule has 2 aromatic rings. The first-order valence-corrected chi connectivity index (χ1v) is 7.89. The summed E-state index contributed by atoms with van der Waals surface area (Å²) in [5, 5.41) is 0. The van der Waals surface area contributed by atoms with Gasteiger partial charge in [0.25, 0.3) is 5.91 Å². The molecule has 23 heavy (non-hydrogen) atoms. The third-order valence-corrected chi connectivity index (χ3v) is 4.10. The monoisotopic (exact) mass is 311 g/mol. The Morgan fingerprint density at radius 1 is 1.09 bits per heavy atom. The van der Waals surface area contributed by atoms with Crippen LogP contribution < -0.4 is 14.4 Å². The molecule has 0 aromatic heterocycles. The van der Waals surface area contributed by atoms with Crippen molar-refractivity contribution in [2.24, 2.45) is 0 Å². The van der Waals surface area contributed by atoms with Gasteiger partial charge in [-0.25, -0.2) is 0 Å². The summed E-state index contributed by atoms with van der Waals surface area (Å²) >= 11 is 0. The Bertz CT molecular complexity index is 699. The first kappa shape index (κ1) is 15.4. The van der Waals surface area contributed by atoms with Crippen molar-refractivity contribution >= 4 is 11.6 Å². The number of rotatable bonds is 4. The topological polar surface area (TPSA) is 38.8 Å². The SMILES string of the molecule is COc1ccccc1OC(C)C(=O)N1CCCc2ccccc21. The van der Waals surface area contributed by atoms with E-state index in [-0.39, 0.29) is 5.91 Å². The van der Waals surface area contributed by atoms with Gasteiger partial charge in [-0.3, -0.25) is 4.79 Å². The van der Waals surface area contributed by atoms with Crippen LogP contribution in [0.25, 0.3) is 0 Å². The molecular formula is C19H21NO3. The van der Waals surface area contributed by atoms with E-state index in [0.717, 1.165) is 25.1 Å². The van der Waals surface area contributed by atoms with E-state index in [2.05, 4.69) is 6.07 Å². The fourth-order valence-corrected chi connectivity index (χ4v) is 2.94. The van der Waals surface area contributed by atoms with Crippen LogP contribution >= 0.6 is 0 Å². The Labute approximate surface area is 136 Å². The minimum Gasteiger partial charge on any atom is -0.493 e. The van der Waals surface area contributed by atoms with Crippen LogP contribution in [-0.2, 0) is 11.2 Å². The molecule has 0 saturated heterocycles. The van der Waals surface area contributed by atoms with Crippen LogP contribution in [0.1, 0.15) is 18.9 Å². The Morgan fingerprint density at radius 3 is 2.57 bits per heavy atom. The number of methoxy groups -OCH3 is 1. The van der Waals surface area contributed by atoms with Crippen molar-refractivity contribution in [1.29, 1.82) is 0 Å². The van der Waals surface area contributed by atoms with Gasteiger partial charge in [0.2, 0.25) is 0 Å². The van der Waals surface area contributed by atoms with Gasteiger partial charge in [0.15, 0.2) is 17.6 Å². The van der Waals surface area contributed by atoms with Crippen LogP contribution in [0.5, 0.6) is 11.5 Å². The van der Waals surface area contributed by atoms with Gasteiger partial charge in [-0.05, 0) is 43.5 Å². The maximum atomic E-state index is 12.8. The summed E-state index contributed by atoms with van der Waals surface area (Å²) in [4.78, 5) is 14.7. The Hall–Kier alpha value is -2.49. The highest BCUT2D eigenvalue weighted by molar-refractivity contribution is 5.97. The molecule has 0 spiro atoms. The fourth-order valence-electron chi connectivity index (χ4n) is 2.94. The van der Waals surface area contributed by atoms with Gasteiger partial charge in [0.05, 0.1) is 7.11 Å². The van der Waals surface area contributed by atoms with Gasteiger partial charge >= 0.3 is 0 Å². The van der Waals surface area contributed by atoms with Crippen LogP contribution in [-0.4, -0.2) is 25.7 Å². The molecule has 1 amide bonds. The minimum atomic E-state index is -0.572. The quantitative estimate of drug-likeness (QED) is 0.868. The Kier molecular flexibility index (Phi) is 4.51. The van der Waals surface area contributed by atoms with E-state index in [0.29, 0.717) is 11.5 Å². The van der Waals surface area contributed by atoms with E-state index in [4.69, 9.17) is 9.47 Å². The Balaban J connectivity index is 1.78. The molecular weight excluding hydrogens is 290 g/mol. The summed E-state index contributed by atoms with van der Waals surface area (Å²) < 4.78 is 11.1. The summed E-state index contributed by atoms with van der Waals surface area (Å²) in [5.41, 5.74) is 2.22. The fraction of sp³-hybridized carbons (Fsp3) is 0.316. The van der Waals surface area contributed by atoms with E-state index >= 15 is 0 Å². The number of hydrogen-bond acceptors (Lipinski definition) is 3. The number of benzene rings is 2. The summed E-state index contributed by atoms with van der Waals surface area (Å²) in [7, 11) is 1.59. The van der Waals surface area contributed by atoms with Gasteiger partial charge in [0, 0.05) is 12.2 Å². The highest BCUT2D eigenvalue weighted by atomic mass is 16.5.